The van der Waals surface area contributed by atoms with E-state index in [1.807, 2.05) is 0 Å². The molecule has 1 aliphatic rings. The van der Waals surface area contributed by atoms with Gasteiger partial charge in [0, 0.05) is 25.7 Å². The standard InChI is InChI=1S/C21H18F3N5O3S/c1-29(2)17-9-14(21(22,23)24)8-15(26-17)13-6-4-5-12(7-13)11-25-28-20-27-19(31)16(33-20)10-18(30)32-3/h4-11H,1-3H3,(H,27,28,31)/b16-10+,25-11?. The molecule has 0 saturated carbocycles. The Morgan fingerprint density at radius 1 is 1.24 bits per heavy atom. The summed E-state index contributed by atoms with van der Waals surface area (Å²) in [4.78, 5) is 29.0. The molecule has 1 N–H and O–H groups in total. The highest BCUT2D eigenvalue weighted by Crippen LogP contribution is 2.34. The summed E-state index contributed by atoms with van der Waals surface area (Å²) in [5.41, 5.74) is 0.382. The Labute approximate surface area is 191 Å². The molecule has 2 aromatic rings. The number of rotatable bonds is 5. The number of alkyl halides is 3. The fourth-order valence-corrected chi connectivity index (χ4v) is 3.36. The van der Waals surface area contributed by atoms with Crippen LogP contribution < -0.4 is 10.2 Å². The number of nitrogens with zero attached hydrogens (tertiary/aromatic N) is 4. The van der Waals surface area contributed by atoms with Gasteiger partial charge >= 0.3 is 12.1 Å². The molecule has 8 nitrogen and oxygen atoms in total. The summed E-state index contributed by atoms with van der Waals surface area (Å²) >= 11 is 0.920. The van der Waals surface area contributed by atoms with Crippen molar-refractivity contribution < 1.29 is 27.5 Å². The van der Waals surface area contributed by atoms with Crippen molar-refractivity contribution in [3.63, 3.8) is 0 Å². The predicted molar refractivity (Wildman–Crippen MR) is 120 cm³/mol. The number of hydrogen-bond donors (Lipinski definition) is 1. The van der Waals surface area contributed by atoms with E-state index in [1.165, 1.54) is 18.2 Å². The SMILES string of the molecule is COC(=O)/C=C1/S/C(=N\N=Cc2cccc(-c3cc(C(F)(F)F)cc(N(C)C)n3)c2)NC1=O. The Morgan fingerprint density at radius 3 is 2.67 bits per heavy atom. The van der Waals surface area contributed by atoms with Crippen LogP contribution in [0.4, 0.5) is 19.0 Å². The number of amidine groups is 1. The molecular formula is C21H18F3N5O3S. The Bertz CT molecular complexity index is 1180. The summed E-state index contributed by atoms with van der Waals surface area (Å²) in [6, 6.07) is 8.59. The normalized spacial score (nSPS) is 16.5. The van der Waals surface area contributed by atoms with Gasteiger partial charge in [-0.1, -0.05) is 18.2 Å². The van der Waals surface area contributed by atoms with E-state index in [1.54, 1.807) is 38.4 Å². The second kappa shape index (κ2) is 9.86. The number of amides is 1. The van der Waals surface area contributed by atoms with Crippen LogP contribution in [0.3, 0.4) is 0 Å². The van der Waals surface area contributed by atoms with Crippen LogP contribution in [-0.4, -0.2) is 49.4 Å². The first-order chi connectivity index (χ1) is 15.6. The number of aromatic nitrogens is 1. The third-order valence-electron chi connectivity index (χ3n) is 4.24. The maximum atomic E-state index is 13.3. The molecule has 1 aromatic carbocycles. The van der Waals surface area contributed by atoms with Gasteiger partial charge in [-0.25, -0.2) is 9.78 Å². The van der Waals surface area contributed by atoms with Crippen molar-refractivity contribution in [2.24, 2.45) is 10.2 Å². The van der Waals surface area contributed by atoms with E-state index in [9.17, 15) is 22.8 Å². The van der Waals surface area contributed by atoms with Crippen LogP contribution in [-0.2, 0) is 20.5 Å². The lowest BCUT2D eigenvalue weighted by Gasteiger charge is -2.16. The average molecular weight is 477 g/mol. The molecule has 172 valence electrons. The number of thioether (sulfide) groups is 1. The van der Waals surface area contributed by atoms with E-state index in [4.69, 9.17) is 0 Å². The zero-order chi connectivity index (χ0) is 24.2. The smallest absolute Gasteiger partial charge is 0.416 e. The molecule has 0 unspecified atom stereocenters. The molecule has 0 spiro atoms. The molecule has 12 heteroatoms. The monoisotopic (exact) mass is 477 g/mol. The number of carbonyl (C=O) groups excluding carboxylic acids is 2. The summed E-state index contributed by atoms with van der Waals surface area (Å²) in [6.07, 6.45) is -2.09. The largest absolute Gasteiger partial charge is 0.466 e. The maximum absolute atomic E-state index is 13.3. The molecule has 1 aromatic heterocycles. The highest BCUT2D eigenvalue weighted by molar-refractivity contribution is 8.18. The number of ether oxygens (including phenoxy) is 1. The summed E-state index contributed by atoms with van der Waals surface area (Å²) in [5, 5.41) is 10.4. The lowest BCUT2D eigenvalue weighted by molar-refractivity contribution is -0.137. The summed E-state index contributed by atoms with van der Waals surface area (Å²) in [5.74, 6) is -1.00. The molecule has 0 aliphatic carbocycles. The molecule has 1 fully saturated rings. The Hall–Kier alpha value is -3.67. The molecule has 33 heavy (non-hydrogen) atoms. The van der Waals surface area contributed by atoms with E-state index in [2.05, 4.69) is 25.2 Å². The van der Waals surface area contributed by atoms with Gasteiger partial charge in [0.2, 0.25) is 0 Å². The van der Waals surface area contributed by atoms with Crippen molar-refractivity contribution in [3.8, 4) is 11.3 Å². The lowest BCUT2D eigenvalue weighted by Crippen LogP contribution is -2.19. The first kappa shape index (κ1) is 24.0. The summed E-state index contributed by atoms with van der Waals surface area (Å²) in [6.45, 7) is 0. The molecular weight excluding hydrogens is 459 g/mol. The van der Waals surface area contributed by atoms with Crippen molar-refractivity contribution in [3.05, 3.63) is 58.5 Å². The summed E-state index contributed by atoms with van der Waals surface area (Å²) in [7, 11) is 4.42. The Morgan fingerprint density at radius 2 is 2.00 bits per heavy atom. The molecule has 1 amide bonds. The van der Waals surface area contributed by atoms with Gasteiger partial charge in [-0.3, -0.25) is 10.1 Å². The third-order valence-corrected chi connectivity index (χ3v) is 5.14. The molecule has 0 atom stereocenters. The molecule has 1 saturated heterocycles. The van der Waals surface area contributed by atoms with Gasteiger partial charge in [0.05, 0.1) is 29.5 Å². The number of methoxy groups -OCH3 is 1. The maximum Gasteiger partial charge on any atom is 0.416 e. The van der Waals surface area contributed by atoms with E-state index in [0.717, 1.165) is 30.0 Å². The van der Waals surface area contributed by atoms with Crippen LogP contribution in [0.1, 0.15) is 11.1 Å². The van der Waals surface area contributed by atoms with Gasteiger partial charge in [0.15, 0.2) is 5.17 Å². The Balaban J connectivity index is 1.84. The van der Waals surface area contributed by atoms with E-state index in [0.29, 0.717) is 11.1 Å². The van der Waals surface area contributed by atoms with Gasteiger partial charge in [-0.2, -0.15) is 18.3 Å². The summed E-state index contributed by atoms with van der Waals surface area (Å²) < 4.78 is 44.4. The van der Waals surface area contributed by atoms with Crippen LogP contribution in [0.25, 0.3) is 11.3 Å². The average Bonchev–Trinajstić information content (AvgIpc) is 3.11. The zero-order valence-corrected chi connectivity index (χ0v) is 18.5. The molecule has 0 bridgehead atoms. The van der Waals surface area contributed by atoms with Gasteiger partial charge in [-0.05, 0) is 35.5 Å². The van der Waals surface area contributed by atoms with Gasteiger partial charge in [-0.15, -0.1) is 5.10 Å². The van der Waals surface area contributed by atoms with E-state index < -0.39 is 23.6 Å². The number of esters is 1. The van der Waals surface area contributed by atoms with Crippen molar-refractivity contribution in [2.45, 2.75) is 6.18 Å². The molecule has 0 radical (unpaired) electrons. The second-order valence-electron chi connectivity index (χ2n) is 6.85. The van der Waals surface area contributed by atoms with Crippen molar-refractivity contribution in [2.75, 3.05) is 26.1 Å². The van der Waals surface area contributed by atoms with Crippen molar-refractivity contribution in [1.29, 1.82) is 0 Å². The fraction of sp³-hybridized carbons (Fsp3) is 0.190. The number of halogens is 3. The minimum atomic E-state index is -4.51. The first-order valence-electron chi connectivity index (χ1n) is 9.33. The fourth-order valence-electron chi connectivity index (χ4n) is 2.62. The van der Waals surface area contributed by atoms with E-state index >= 15 is 0 Å². The lowest BCUT2D eigenvalue weighted by atomic mass is 10.1. The van der Waals surface area contributed by atoms with Crippen molar-refractivity contribution in [1.82, 2.24) is 10.3 Å². The van der Waals surface area contributed by atoms with Crippen LogP contribution in [0.2, 0.25) is 0 Å². The number of benzene rings is 1. The molecule has 2 heterocycles. The first-order valence-corrected chi connectivity index (χ1v) is 10.2. The van der Waals surface area contributed by atoms with Gasteiger partial charge < -0.3 is 9.64 Å². The quantitative estimate of drug-likeness (QED) is 0.307. The zero-order valence-electron chi connectivity index (χ0n) is 17.7. The second-order valence-corrected chi connectivity index (χ2v) is 7.89. The number of hydrogen-bond acceptors (Lipinski definition) is 8. The molecule has 3 rings (SSSR count). The van der Waals surface area contributed by atoms with E-state index in [-0.39, 0.29) is 21.6 Å². The molecule has 1 aliphatic heterocycles. The van der Waals surface area contributed by atoms with Crippen molar-refractivity contribution >= 4 is 40.8 Å². The number of anilines is 1. The number of nitrogens with one attached hydrogen (secondary N) is 1. The van der Waals surface area contributed by atoms with Gasteiger partial charge in [0.1, 0.15) is 5.82 Å². The third kappa shape index (κ3) is 6.19. The number of pyridine rings is 1. The van der Waals surface area contributed by atoms with Crippen LogP contribution in [0.15, 0.2) is 57.6 Å². The Kier molecular flexibility index (Phi) is 7.16. The van der Waals surface area contributed by atoms with Crippen LogP contribution >= 0.6 is 11.8 Å². The van der Waals surface area contributed by atoms with Crippen LogP contribution in [0.5, 0.6) is 0 Å². The van der Waals surface area contributed by atoms with Gasteiger partial charge in [0.25, 0.3) is 5.91 Å². The topological polar surface area (TPSA) is 96.2 Å². The number of carbonyl (C=O) groups is 2. The predicted octanol–water partition coefficient (Wildman–Crippen LogP) is 3.44. The minimum absolute atomic E-state index is 0.116. The van der Waals surface area contributed by atoms with Crippen LogP contribution in [0, 0.1) is 0 Å². The minimum Gasteiger partial charge on any atom is -0.466 e. The highest BCUT2D eigenvalue weighted by atomic mass is 32.2. The highest BCUT2D eigenvalue weighted by Gasteiger charge is 2.32.